The van der Waals surface area contributed by atoms with Gasteiger partial charge in [-0.05, 0) is 12.1 Å². The summed E-state index contributed by atoms with van der Waals surface area (Å²) >= 11 is 3.28. The first-order valence-corrected chi connectivity index (χ1v) is 8.06. The third kappa shape index (κ3) is 4.28. The van der Waals surface area contributed by atoms with Crippen molar-refractivity contribution in [3.63, 3.8) is 0 Å². The zero-order valence-corrected chi connectivity index (χ0v) is 13.7. The van der Waals surface area contributed by atoms with Crippen LogP contribution in [0, 0.1) is 0 Å². The minimum absolute atomic E-state index is 0.163. The third-order valence-corrected chi connectivity index (χ3v) is 3.98. The molecule has 22 heavy (non-hydrogen) atoms. The van der Waals surface area contributed by atoms with Crippen LogP contribution in [-0.4, -0.2) is 46.9 Å². The molecule has 0 aromatic heterocycles. The van der Waals surface area contributed by atoms with Crippen molar-refractivity contribution in [2.24, 2.45) is 0 Å². The molecule has 0 saturated carbocycles. The average molecular weight is 372 g/mol. The summed E-state index contributed by atoms with van der Waals surface area (Å²) in [6, 6.07) is 8.08. The number of aliphatic hydroxyl groups is 1. The first kappa shape index (κ1) is 16.9. The van der Waals surface area contributed by atoms with Crippen LogP contribution in [0.5, 0.6) is 0 Å². The van der Waals surface area contributed by atoms with Crippen molar-refractivity contribution in [1.29, 1.82) is 0 Å². The van der Waals surface area contributed by atoms with Crippen molar-refractivity contribution in [1.82, 2.24) is 5.32 Å². The molecule has 1 aromatic carbocycles. The van der Waals surface area contributed by atoms with Crippen molar-refractivity contribution >= 4 is 27.8 Å². The lowest BCUT2D eigenvalue weighted by atomic mass is 9.99. The second-order valence-electron chi connectivity index (χ2n) is 5.06. The zero-order valence-electron chi connectivity index (χ0n) is 12.1. The van der Waals surface area contributed by atoms with E-state index < -0.39 is 30.5 Å². The molecule has 4 atom stereocenters. The first-order chi connectivity index (χ1) is 10.5. The molecule has 2 N–H and O–H groups in total. The molecule has 7 heteroatoms. The minimum atomic E-state index is -1.01. The first-order valence-electron chi connectivity index (χ1n) is 6.94. The van der Waals surface area contributed by atoms with Gasteiger partial charge < -0.3 is 19.9 Å². The summed E-state index contributed by atoms with van der Waals surface area (Å²) in [4.78, 5) is 23.5. The van der Waals surface area contributed by atoms with E-state index in [9.17, 15) is 14.7 Å². The van der Waals surface area contributed by atoms with Crippen molar-refractivity contribution in [3.05, 3.63) is 35.9 Å². The molecule has 1 amide bonds. The summed E-state index contributed by atoms with van der Waals surface area (Å²) in [5.74, 6) is -0.750. The Morgan fingerprint density at radius 3 is 2.68 bits per heavy atom. The molecule has 1 saturated heterocycles. The standard InChI is InChI=1S/C15H18BrNO5/c1-9(18)17-11-7-13(19)21-12(8-16)14(11)22-15(20)10-5-3-2-4-6-10/h2-6,11-14,19H,7-8H2,1H3,(H,17,18)/t11-,12-,13+,14-/m1/s1. The Hall–Kier alpha value is -1.44. The molecular weight excluding hydrogens is 354 g/mol. The lowest BCUT2D eigenvalue weighted by Gasteiger charge is -2.39. The van der Waals surface area contributed by atoms with Crippen molar-refractivity contribution in [3.8, 4) is 0 Å². The number of hydrogen-bond donors (Lipinski definition) is 2. The molecule has 120 valence electrons. The van der Waals surface area contributed by atoms with Gasteiger partial charge in [-0.1, -0.05) is 34.1 Å². The number of hydrogen-bond acceptors (Lipinski definition) is 5. The summed E-state index contributed by atoms with van der Waals surface area (Å²) in [6.07, 6.45) is -2.07. The molecular formula is C15H18BrNO5. The number of carbonyl (C=O) groups is 2. The number of amides is 1. The maximum absolute atomic E-state index is 12.2. The summed E-state index contributed by atoms with van der Waals surface area (Å²) in [6.45, 7) is 1.38. The number of esters is 1. The molecule has 0 bridgehead atoms. The van der Waals surface area contributed by atoms with Crippen LogP contribution in [0.15, 0.2) is 30.3 Å². The number of aliphatic hydroxyl groups excluding tert-OH is 1. The van der Waals surface area contributed by atoms with Gasteiger partial charge in [-0.15, -0.1) is 0 Å². The van der Waals surface area contributed by atoms with Gasteiger partial charge in [-0.2, -0.15) is 0 Å². The Bertz CT molecular complexity index is 524. The van der Waals surface area contributed by atoms with Crippen molar-refractivity contribution in [2.75, 3.05) is 5.33 Å². The number of benzene rings is 1. The Labute approximate surface area is 136 Å². The van der Waals surface area contributed by atoms with Gasteiger partial charge in [-0.3, -0.25) is 4.79 Å². The smallest absolute Gasteiger partial charge is 0.338 e. The summed E-state index contributed by atoms with van der Waals surface area (Å²) in [7, 11) is 0. The molecule has 0 unspecified atom stereocenters. The number of rotatable bonds is 4. The van der Waals surface area contributed by atoms with Crippen LogP contribution in [0.4, 0.5) is 0 Å². The topological polar surface area (TPSA) is 84.9 Å². The van der Waals surface area contributed by atoms with Gasteiger partial charge in [0.1, 0.15) is 12.2 Å². The van der Waals surface area contributed by atoms with Crippen LogP contribution in [0.2, 0.25) is 0 Å². The van der Waals surface area contributed by atoms with Crippen LogP contribution < -0.4 is 5.32 Å². The van der Waals surface area contributed by atoms with E-state index in [4.69, 9.17) is 9.47 Å². The molecule has 0 spiro atoms. The van der Waals surface area contributed by atoms with Gasteiger partial charge in [0.25, 0.3) is 0 Å². The van der Waals surface area contributed by atoms with Gasteiger partial charge in [0.05, 0.1) is 11.6 Å². The normalized spacial score (nSPS) is 28.0. The fraction of sp³-hybridized carbons (Fsp3) is 0.467. The van der Waals surface area contributed by atoms with Gasteiger partial charge >= 0.3 is 5.97 Å². The van der Waals surface area contributed by atoms with E-state index in [0.29, 0.717) is 10.9 Å². The van der Waals surface area contributed by atoms with Gasteiger partial charge in [-0.25, -0.2) is 4.79 Å². The number of halogens is 1. The number of nitrogens with one attached hydrogen (secondary N) is 1. The second kappa shape index (κ2) is 7.71. The molecule has 1 aliphatic heterocycles. The SMILES string of the molecule is CC(=O)N[C@@H]1C[C@@H](O)O[C@H](CBr)[C@@H]1OC(=O)c1ccccc1. The van der Waals surface area contributed by atoms with E-state index in [2.05, 4.69) is 21.2 Å². The largest absolute Gasteiger partial charge is 0.454 e. The molecule has 1 aliphatic rings. The second-order valence-corrected chi connectivity index (χ2v) is 5.71. The molecule has 0 aliphatic carbocycles. The van der Waals surface area contributed by atoms with Crippen molar-refractivity contribution < 1.29 is 24.2 Å². The molecule has 2 rings (SSSR count). The highest BCUT2D eigenvalue weighted by Gasteiger charge is 2.41. The van der Waals surface area contributed by atoms with Gasteiger partial charge in [0.2, 0.25) is 5.91 Å². The Balaban J connectivity index is 2.15. The van der Waals surface area contributed by atoms with Crippen LogP contribution >= 0.6 is 15.9 Å². The lowest BCUT2D eigenvalue weighted by Crippen LogP contribution is -2.57. The van der Waals surface area contributed by atoms with Crippen LogP contribution in [0.3, 0.4) is 0 Å². The number of carbonyl (C=O) groups excluding carboxylic acids is 2. The highest BCUT2D eigenvalue weighted by Crippen LogP contribution is 2.24. The number of alkyl halides is 1. The minimum Gasteiger partial charge on any atom is -0.454 e. The Morgan fingerprint density at radius 1 is 1.41 bits per heavy atom. The maximum Gasteiger partial charge on any atom is 0.338 e. The quantitative estimate of drug-likeness (QED) is 0.613. The average Bonchev–Trinajstić information content (AvgIpc) is 2.49. The van der Waals surface area contributed by atoms with E-state index in [1.807, 2.05) is 0 Å². The van der Waals surface area contributed by atoms with E-state index >= 15 is 0 Å². The fourth-order valence-corrected chi connectivity index (χ4v) is 2.92. The fourth-order valence-electron chi connectivity index (χ4n) is 2.40. The number of ether oxygens (including phenoxy) is 2. The van der Waals surface area contributed by atoms with Crippen molar-refractivity contribution in [2.45, 2.75) is 37.9 Å². The molecule has 0 radical (unpaired) electrons. The monoisotopic (exact) mass is 371 g/mol. The predicted octanol–water partition coefficient (Wildman–Crippen LogP) is 1.22. The Kier molecular flexibility index (Phi) is 5.93. The zero-order chi connectivity index (χ0) is 16.1. The summed E-state index contributed by atoms with van der Waals surface area (Å²) in [5.41, 5.74) is 0.420. The highest BCUT2D eigenvalue weighted by molar-refractivity contribution is 9.09. The lowest BCUT2D eigenvalue weighted by molar-refractivity contribution is -0.201. The summed E-state index contributed by atoms with van der Waals surface area (Å²) < 4.78 is 10.9. The molecule has 1 fully saturated rings. The Morgan fingerprint density at radius 2 is 2.09 bits per heavy atom. The van der Waals surface area contributed by atoms with E-state index in [0.717, 1.165) is 0 Å². The van der Waals surface area contributed by atoms with Gasteiger partial charge in [0.15, 0.2) is 6.29 Å². The highest BCUT2D eigenvalue weighted by atomic mass is 79.9. The van der Waals surface area contributed by atoms with Crippen LogP contribution in [0.25, 0.3) is 0 Å². The van der Waals surface area contributed by atoms with Crippen LogP contribution in [-0.2, 0) is 14.3 Å². The van der Waals surface area contributed by atoms with E-state index in [1.54, 1.807) is 30.3 Å². The molecule has 1 aromatic rings. The molecule has 1 heterocycles. The van der Waals surface area contributed by atoms with E-state index in [1.165, 1.54) is 6.92 Å². The summed E-state index contributed by atoms with van der Waals surface area (Å²) in [5, 5.41) is 12.8. The third-order valence-electron chi connectivity index (χ3n) is 3.34. The van der Waals surface area contributed by atoms with Crippen LogP contribution in [0.1, 0.15) is 23.7 Å². The van der Waals surface area contributed by atoms with E-state index in [-0.39, 0.29) is 12.3 Å². The van der Waals surface area contributed by atoms with Gasteiger partial charge in [0, 0.05) is 18.7 Å². The molecule has 6 nitrogen and oxygen atoms in total. The maximum atomic E-state index is 12.2. The predicted molar refractivity (Wildman–Crippen MR) is 82.5 cm³/mol.